The van der Waals surface area contributed by atoms with E-state index < -0.39 is 5.54 Å². The summed E-state index contributed by atoms with van der Waals surface area (Å²) in [6, 6.07) is 0. The van der Waals surface area contributed by atoms with Crippen LogP contribution in [-0.2, 0) is 4.79 Å². The van der Waals surface area contributed by atoms with Gasteiger partial charge in [-0.1, -0.05) is 13.8 Å². The normalized spacial score (nSPS) is 41.3. The van der Waals surface area contributed by atoms with Gasteiger partial charge in [-0.15, -0.1) is 0 Å². The molecule has 3 nitrogen and oxygen atoms in total. The highest BCUT2D eigenvalue weighted by Gasteiger charge is 2.61. The van der Waals surface area contributed by atoms with Crippen LogP contribution >= 0.6 is 12.2 Å². The summed E-state index contributed by atoms with van der Waals surface area (Å²) in [6.07, 6.45) is 1.09. The molecular weight excluding hydrogens is 184 g/mol. The lowest BCUT2D eigenvalue weighted by atomic mass is 9.91. The van der Waals surface area contributed by atoms with Crippen LogP contribution in [0.2, 0.25) is 0 Å². The Bertz CT molecular complexity index is 300. The van der Waals surface area contributed by atoms with E-state index in [4.69, 9.17) is 12.2 Å². The zero-order valence-corrected chi connectivity index (χ0v) is 8.92. The topological polar surface area (TPSA) is 41.1 Å². The molecule has 1 saturated heterocycles. The van der Waals surface area contributed by atoms with Crippen LogP contribution in [0.15, 0.2) is 0 Å². The molecule has 72 valence electrons. The van der Waals surface area contributed by atoms with E-state index in [-0.39, 0.29) is 11.3 Å². The van der Waals surface area contributed by atoms with E-state index in [0.717, 1.165) is 6.42 Å². The predicted molar refractivity (Wildman–Crippen MR) is 54.2 cm³/mol. The van der Waals surface area contributed by atoms with Crippen molar-refractivity contribution in [2.75, 3.05) is 0 Å². The van der Waals surface area contributed by atoms with Gasteiger partial charge in [0.2, 0.25) is 0 Å². The third-order valence-electron chi connectivity index (χ3n) is 3.28. The molecule has 0 bridgehead atoms. The van der Waals surface area contributed by atoms with E-state index in [1.807, 2.05) is 6.92 Å². The number of thiocarbonyl (C=S) groups is 1. The van der Waals surface area contributed by atoms with E-state index in [9.17, 15) is 4.79 Å². The minimum atomic E-state index is -0.472. The van der Waals surface area contributed by atoms with Crippen molar-refractivity contribution in [1.29, 1.82) is 0 Å². The fourth-order valence-corrected chi connectivity index (χ4v) is 2.56. The molecule has 0 aromatic carbocycles. The molecule has 1 heterocycles. The maximum absolute atomic E-state index is 11.6. The lowest BCUT2D eigenvalue weighted by molar-refractivity contribution is -0.124. The van der Waals surface area contributed by atoms with Crippen molar-refractivity contribution in [2.45, 2.75) is 32.7 Å². The molecule has 2 fully saturated rings. The highest BCUT2D eigenvalue weighted by atomic mass is 32.1. The molecule has 1 aliphatic heterocycles. The highest BCUT2D eigenvalue weighted by molar-refractivity contribution is 7.80. The Kier molecular flexibility index (Phi) is 1.54. The number of nitrogens with one attached hydrogen (secondary N) is 2. The summed E-state index contributed by atoms with van der Waals surface area (Å²) in [4.78, 5) is 11.6. The van der Waals surface area contributed by atoms with Crippen molar-refractivity contribution in [1.82, 2.24) is 10.6 Å². The second-order valence-corrected chi connectivity index (χ2v) is 5.26. The van der Waals surface area contributed by atoms with Gasteiger partial charge in [0.1, 0.15) is 5.54 Å². The lowest BCUT2D eigenvalue weighted by Crippen LogP contribution is -2.47. The molecule has 2 unspecified atom stereocenters. The summed E-state index contributed by atoms with van der Waals surface area (Å²) in [6.45, 7) is 6.29. The van der Waals surface area contributed by atoms with Crippen molar-refractivity contribution in [2.24, 2.45) is 11.3 Å². The van der Waals surface area contributed by atoms with Gasteiger partial charge in [0.15, 0.2) is 5.11 Å². The Morgan fingerprint density at radius 2 is 2.00 bits per heavy atom. The molecule has 13 heavy (non-hydrogen) atoms. The minimum absolute atomic E-state index is 0.0214. The highest BCUT2D eigenvalue weighted by Crippen LogP contribution is 2.57. The number of hydrogen-bond donors (Lipinski definition) is 2. The smallest absolute Gasteiger partial charge is 0.251 e. The number of carbonyl (C=O) groups excluding carboxylic acids is 1. The zero-order chi connectivity index (χ0) is 9.85. The third kappa shape index (κ3) is 1.15. The van der Waals surface area contributed by atoms with Gasteiger partial charge in [0.05, 0.1) is 0 Å². The van der Waals surface area contributed by atoms with Crippen molar-refractivity contribution >= 4 is 23.2 Å². The molecule has 0 spiro atoms. The van der Waals surface area contributed by atoms with Crippen LogP contribution in [0.3, 0.4) is 0 Å². The fraction of sp³-hybridized carbons (Fsp3) is 0.778. The van der Waals surface area contributed by atoms with Crippen molar-refractivity contribution < 1.29 is 4.79 Å². The number of amides is 1. The monoisotopic (exact) mass is 198 g/mol. The SMILES string of the molecule is CC1(C)CC1C1(C)NC(=S)NC1=O. The summed E-state index contributed by atoms with van der Waals surface area (Å²) < 4.78 is 0. The van der Waals surface area contributed by atoms with E-state index in [2.05, 4.69) is 24.5 Å². The first-order chi connectivity index (χ1) is 5.86. The molecule has 1 amide bonds. The quantitative estimate of drug-likeness (QED) is 0.612. The Morgan fingerprint density at radius 1 is 1.46 bits per heavy atom. The molecule has 1 saturated carbocycles. The van der Waals surface area contributed by atoms with Crippen LogP contribution in [0.1, 0.15) is 27.2 Å². The summed E-state index contributed by atoms with van der Waals surface area (Å²) in [5.41, 5.74) is -0.195. The molecule has 1 aliphatic carbocycles. The van der Waals surface area contributed by atoms with Gasteiger partial charge in [0, 0.05) is 0 Å². The van der Waals surface area contributed by atoms with Gasteiger partial charge in [-0.3, -0.25) is 4.79 Å². The summed E-state index contributed by atoms with van der Waals surface area (Å²) in [7, 11) is 0. The Balaban J connectivity index is 2.23. The maximum atomic E-state index is 11.6. The molecule has 2 N–H and O–H groups in total. The van der Waals surface area contributed by atoms with Gasteiger partial charge < -0.3 is 10.6 Å². The van der Waals surface area contributed by atoms with Gasteiger partial charge >= 0.3 is 0 Å². The minimum Gasteiger partial charge on any atom is -0.348 e. The molecule has 2 aliphatic rings. The first-order valence-corrected chi connectivity index (χ1v) is 4.91. The predicted octanol–water partition coefficient (Wildman–Crippen LogP) is 0.795. The second-order valence-electron chi connectivity index (χ2n) is 4.86. The molecule has 0 aromatic rings. The van der Waals surface area contributed by atoms with Crippen LogP contribution in [0.5, 0.6) is 0 Å². The number of hydrogen-bond acceptors (Lipinski definition) is 2. The van der Waals surface area contributed by atoms with Gasteiger partial charge in [-0.2, -0.15) is 0 Å². The number of rotatable bonds is 1. The molecule has 2 atom stereocenters. The average molecular weight is 198 g/mol. The Labute approximate surface area is 83.3 Å². The average Bonchev–Trinajstić information content (AvgIpc) is 2.51. The summed E-state index contributed by atoms with van der Waals surface area (Å²) in [5.74, 6) is 0.425. The molecule has 2 rings (SSSR count). The summed E-state index contributed by atoms with van der Waals surface area (Å²) >= 11 is 4.92. The molecule has 4 heteroatoms. The van der Waals surface area contributed by atoms with Crippen LogP contribution in [0.4, 0.5) is 0 Å². The summed E-state index contributed by atoms with van der Waals surface area (Å²) in [5, 5.41) is 6.18. The standard InChI is InChI=1S/C9H14N2OS/c1-8(2)4-5(8)9(3)6(12)10-7(13)11-9/h5H,4H2,1-3H3,(H2,10,11,12,13). The molecular formula is C9H14N2OS. The van der Waals surface area contributed by atoms with Gasteiger partial charge in [-0.25, -0.2) is 0 Å². The second kappa shape index (κ2) is 2.23. The van der Waals surface area contributed by atoms with E-state index in [0.29, 0.717) is 11.0 Å². The van der Waals surface area contributed by atoms with Gasteiger partial charge in [-0.05, 0) is 36.9 Å². The third-order valence-corrected chi connectivity index (χ3v) is 3.49. The van der Waals surface area contributed by atoms with Crippen LogP contribution < -0.4 is 10.6 Å². The Morgan fingerprint density at radius 3 is 2.31 bits per heavy atom. The Hall–Kier alpha value is -0.640. The first kappa shape index (κ1) is 8.94. The largest absolute Gasteiger partial charge is 0.348 e. The van der Waals surface area contributed by atoms with Crippen LogP contribution in [-0.4, -0.2) is 16.6 Å². The van der Waals surface area contributed by atoms with Crippen molar-refractivity contribution in [3.63, 3.8) is 0 Å². The van der Waals surface area contributed by atoms with Crippen LogP contribution in [0.25, 0.3) is 0 Å². The van der Waals surface area contributed by atoms with E-state index in [1.165, 1.54) is 0 Å². The maximum Gasteiger partial charge on any atom is 0.251 e. The van der Waals surface area contributed by atoms with E-state index in [1.54, 1.807) is 0 Å². The molecule has 0 aromatic heterocycles. The van der Waals surface area contributed by atoms with Gasteiger partial charge in [0.25, 0.3) is 5.91 Å². The lowest BCUT2D eigenvalue weighted by Gasteiger charge is -2.22. The van der Waals surface area contributed by atoms with Crippen LogP contribution in [0, 0.1) is 11.3 Å². The van der Waals surface area contributed by atoms with Crippen molar-refractivity contribution in [3.8, 4) is 0 Å². The zero-order valence-electron chi connectivity index (χ0n) is 8.10. The molecule has 0 radical (unpaired) electrons. The first-order valence-electron chi connectivity index (χ1n) is 4.50. The fourth-order valence-electron chi connectivity index (χ4n) is 2.25. The number of carbonyl (C=O) groups is 1. The van der Waals surface area contributed by atoms with E-state index >= 15 is 0 Å². The van der Waals surface area contributed by atoms with Crippen molar-refractivity contribution in [3.05, 3.63) is 0 Å².